The van der Waals surface area contributed by atoms with Crippen LogP contribution in [0.4, 0.5) is 0 Å². The highest BCUT2D eigenvalue weighted by Gasteiger charge is 2.15. The molecule has 0 aliphatic heterocycles. The van der Waals surface area contributed by atoms with Crippen LogP contribution in [0.3, 0.4) is 0 Å². The van der Waals surface area contributed by atoms with E-state index in [1.807, 2.05) is 24.3 Å². The molecule has 3 aromatic rings. The number of hydrogen-bond acceptors (Lipinski definition) is 7. The first-order valence-electron chi connectivity index (χ1n) is 7.90. The van der Waals surface area contributed by atoms with Crippen LogP contribution in [0.5, 0.6) is 5.75 Å². The highest BCUT2D eigenvalue weighted by Crippen LogP contribution is 2.23. The molecule has 0 bridgehead atoms. The van der Waals surface area contributed by atoms with Gasteiger partial charge in [-0.3, -0.25) is 9.78 Å². The lowest BCUT2D eigenvalue weighted by Gasteiger charge is -2.18. The smallest absolute Gasteiger partial charge is 0.277 e. The van der Waals surface area contributed by atoms with E-state index in [2.05, 4.69) is 15.2 Å². The second-order valence-corrected chi connectivity index (χ2v) is 6.39. The molecular weight excluding hydrogens is 352 g/mol. The van der Waals surface area contributed by atoms with Crippen molar-refractivity contribution in [3.05, 3.63) is 54.4 Å². The zero-order chi connectivity index (χ0) is 18.4. The van der Waals surface area contributed by atoms with Crippen LogP contribution in [0.25, 0.3) is 11.5 Å². The van der Waals surface area contributed by atoms with E-state index in [-0.39, 0.29) is 11.7 Å². The number of nitrogens with zero attached hydrogens (tertiary/aromatic N) is 4. The highest BCUT2D eigenvalue weighted by molar-refractivity contribution is 7.99. The van der Waals surface area contributed by atoms with Crippen molar-refractivity contribution < 1.29 is 13.9 Å². The number of hydrogen-bond donors (Lipinski definition) is 0. The number of para-hydroxylation sites is 1. The van der Waals surface area contributed by atoms with Crippen LogP contribution in [0.1, 0.15) is 5.56 Å². The summed E-state index contributed by atoms with van der Waals surface area (Å²) in [7, 11) is 3.37. The molecule has 8 heteroatoms. The fourth-order valence-corrected chi connectivity index (χ4v) is 2.99. The normalized spacial score (nSPS) is 10.5. The minimum absolute atomic E-state index is 0.0374. The van der Waals surface area contributed by atoms with E-state index in [1.165, 1.54) is 11.8 Å². The summed E-state index contributed by atoms with van der Waals surface area (Å²) in [4.78, 5) is 18.0. The lowest BCUT2D eigenvalue weighted by molar-refractivity contribution is -0.127. The molecule has 0 radical (unpaired) electrons. The van der Waals surface area contributed by atoms with E-state index in [9.17, 15) is 4.79 Å². The van der Waals surface area contributed by atoms with E-state index in [1.54, 1.807) is 43.6 Å². The predicted molar refractivity (Wildman–Crippen MR) is 97.7 cm³/mol. The van der Waals surface area contributed by atoms with Gasteiger partial charge in [0, 0.05) is 37.1 Å². The number of carbonyl (C=O) groups is 1. The van der Waals surface area contributed by atoms with Crippen LogP contribution in [0.15, 0.2) is 58.4 Å². The van der Waals surface area contributed by atoms with Crippen molar-refractivity contribution in [2.75, 3.05) is 19.9 Å². The van der Waals surface area contributed by atoms with Crippen molar-refractivity contribution in [3.8, 4) is 17.2 Å². The largest absolute Gasteiger partial charge is 0.496 e. The molecule has 3 rings (SSSR count). The number of rotatable bonds is 7. The number of aromatic nitrogens is 3. The highest BCUT2D eigenvalue weighted by atomic mass is 32.2. The lowest BCUT2D eigenvalue weighted by Crippen LogP contribution is -2.28. The lowest BCUT2D eigenvalue weighted by atomic mass is 10.2. The summed E-state index contributed by atoms with van der Waals surface area (Å²) >= 11 is 1.21. The molecule has 134 valence electrons. The van der Waals surface area contributed by atoms with Gasteiger partial charge in [0.25, 0.3) is 5.22 Å². The molecule has 0 aliphatic rings. The second-order valence-electron chi connectivity index (χ2n) is 5.46. The molecular formula is C18H18N4O3S. The van der Waals surface area contributed by atoms with Crippen molar-refractivity contribution in [1.82, 2.24) is 20.1 Å². The number of thioether (sulfide) groups is 1. The van der Waals surface area contributed by atoms with Gasteiger partial charge in [0.1, 0.15) is 5.75 Å². The molecule has 0 atom stereocenters. The molecule has 0 spiro atoms. The molecule has 2 heterocycles. The summed E-state index contributed by atoms with van der Waals surface area (Å²) in [6.07, 6.45) is 3.31. The molecule has 7 nitrogen and oxygen atoms in total. The van der Waals surface area contributed by atoms with E-state index in [4.69, 9.17) is 9.15 Å². The first-order chi connectivity index (χ1) is 12.7. The van der Waals surface area contributed by atoms with Gasteiger partial charge in [0.2, 0.25) is 11.8 Å². The van der Waals surface area contributed by atoms with Crippen molar-refractivity contribution in [1.29, 1.82) is 0 Å². The predicted octanol–water partition coefficient (Wildman–Crippen LogP) is 2.89. The minimum atomic E-state index is -0.0374. The Morgan fingerprint density at radius 2 is 1.96 bits per heavy atom. The van der Waals surface area contributed by atoms with Gasteiger partial charge in [-0.15, -0.1) is 10.2 Å². The molecule has 1 amide bonds. The molecule has 0 fully saturated rings. The standard InChI is InChI=1S/C18H18N4O3S/c1-22(11-14-5-3-4-6-15(14)24-2)16(23)12-26-18-21-20-17(25-18)13-7-9-19-10-8-13/h3-10H,11-12H2,1-2H3. The average Bonchev–Trinajstić information content (AvgIpc) is 3.16. The Morgan fingerprint density at radius 3 is 2.73 bits per heavy atom. The topological polar surface area (TPSA) is 81.4 Å². The number of benzene rings is 1. The van der Waals surface area contributed by atoms with Crippen molar-refractivity contribution in [2.45, 2.75) is 11.8 Å². The van der Waals surface area contributed by atoms with Crippen LogP contribution < -0.4 is 4.74 Å². The Bertz CT molecular complexity index is 870. The van der Waals surface area contributed by atoms with Crippen LogP contribution in [-0.4, -0.2) is 45.9 Å². The van der Waals surface area contributed by atoms with Crippen molar-refractivity contribution >= 4 is 17.7 Å². The summed E-state index contributed by atoms with van der Waals surface area (Å²) in [6, 6.07) is 11.2. The maximum Gasteiger partial charge on any atom is 0.277 e. The molecule has 2 aromatic heterocycles. The van der Waals surface area contributed by atoms with Crippen LogP contribution in [-0.2, 0) is 11.3 Å². The van der Waals surface area contributed by atoms with Gasteiger partial charge < -0.3 is 14.1 Å². The number of amides is 1. The Labute approximate surface area is 155 Å². The molecule has 0 unspecified atom stereocenters. The first-order valence-corrected chi connectivity index (χ1v) is 8.88. The summed E-state index contributed by atoms with van der Waals surface area (Å²) < 4.78 is 10.9. The number of methoxy groups -OCH3 is 1. The Balaban J connectivity index is 1.56. The SMILES string of the molecule is COc1ccccc1CN(C)C(=O)CSc1nnc(-c2ccncc2)o1. The summed E-state index contributed by atoms with van der Waals surface area (Å²) in [5, 5.41) is 8.32. The van der Waals surface area contributed by atoms with E-state index < -0.39 is 0 Å². The fourth-order valence-electron chi connectivity index (χ4n) is 2.29. The Hall–Kier alpha value is -2.87. The zero-order valence-electron chi connectivity index (χ0n) is 14.5. The first kappa shape index (κ1) is 17.9. The number of pyridine rings is 1. The number of ether oxygens (including phenoxy) is 1. The minimum Gasteiger partial charge on any atom is -0.496 e. The molecule has 0 N–H and O–H groups in total. The quantitative estimate of drug-likeness (QED) is 0.592. The monoisotopic (exact) mass is 370 g/mol. The fraction of sp³-hybridized carbons (Fsp3) is 0.222. The molecule has 0 aliphatic carbocycles. The van der Waals surface area contributed by atoms with E-state index in [0.717, 1.165) is 16.9 Å². The van der Waals surface area contributed by atoms with Gasteiger partial charge >= 0.3 is 0 Å². The summed E-state index contributed by atoms with van der Waals surface area (Å²) in [6.45, 7) is 0.468. The second kappa shape index (κ2) is 8.48. The van der Waals surface area contributed by atoms with Gasteiger partial charge in [0.15, 0.2) is 0 Å². The third kappa shape index (κ3) is 4.40. The summed E-state index contributed by atoms with van der Waals surface area (Å²) in [5.41, 5.74) is 1.74. The van der Waals surface area contributed by atoms with Crippen molar-refractivity contribution in [3.63, 3.8) is 0 Å². The Kier molecular flexibility index (Phi) is 5.85. The van der Waals surface area contributed by atoms with Crippen LogP contribution >= 0.6 is 11.8 Å². The summed E-state index contributed by atoms with van der Waals surface area (Å²) in [5.74, 6) is 1.34. The van der Waals surface area contributed by atoms with Gasteiger partial charge in [-0.05, 0) is 18.2 Å². The molecule has 0 saturated heterocycles. The maximum atomic E-state index is 12.4. The van der Waals surface area contributed by atoms with Gasteiger partial charge in [-0.25, -0.2) is 0 Å². The third-order valence-electron chi connectivity index (χ3n) is 3.68. The third-order valence-corrected chi connectivity index (χ3v) is 4.48. The average molecular weight is 370 g/mol. The molecule has 0 saturated carbocycles. The van der Waals surface area contributed by atoms with E-state index >= 15 is 0 Å². The molecule has 26 heavy (non-hydrogen) atoms. The molecule has 1 aromatic carbocycles. The van der Waals surface area contributed by atoms with Gasteiger partial charge in [0.05, 0.1) is 12.9 Å². The maximum absolute atomic E-state index is 12.4. The zero-order valence-corrected chi connectivity index (χ0v) is 15.3. The van der Waals surface area contributed by atoms with Crippen LogP contribution in [0, 0.1) is 0 Å². The number of carbonyl (C=O) groups excluding carboxylic acids is 1. The van der Waals surface area contributed by atoms with E-state index in [0.29, 0.717) is 17.7 Å². The van der Waals surface area contributed by atoms with Gasteiger partial charge in [-0.2, -0.15) is 0 Å². The van der Waals surface area contributed by atoms with Gasteiger partial charge in [-0.1, -0.05) is 30.0 Å². The van der Waals surface area contributed by atoms with Crippen LogP contribution in [0.2, 0.25) is 0 Å². The Morgan fingerprint density at radius 1 is 1.19 bits per heavy atom. The van der Waals surface area contributed by atoms with Crippen molar-refractivity contribution in [2.24, 2.45) is 0 Å².